The average molecular weight is 382 g/mol. The van der Waals surface area contributed by atoms with Crippen molar-refractivity contribution in [1.29, 1.82) is 0 Å². The quantitative estimate of drug-likeness (QED) is 0.415. The Morgan fingerprint density at radius 1 is 0.929 bits per heavy atom. The van der Waals surface area contributed by atoms with Crippen molar-refractivity contribution in [2.75, 3.05) is 14.2 Å². The van der Waals surface area contributed by atoms with Crippen LogP contribution in [0, 0.1) is 0 Å². The van der Waals surface area contributed by atoms with E-state index in [2.05, 4.69) is 17.8 Å². The molecule has 2 amide bonds. The number of rotatable bonds is 8. The van der Waals surface area contributed by atoms with E-state index < -0.39 is 12.2 Å². The number of hydrazine groups is 1. The summed E-state index contributed by atoms with van der Waals surface area (Å²) in [7, 11) is 3.08. The van der Waals surface area contributed by atoms with Crippen LogP contribution in [-0.2, 0) is 14.3 Å². The maximum absolute atomic E-state index is 12.2. The standard InChI is InChI=1S/C22H26N2O4/c1-4-8-19(16-9-6-5-7-10-16)15-20(25)23-24-21(26)17-11-13-18(14-12-17)22(27-2)28-3/h5-7,9-15,22H,4,8H2,1-3H3,(H,23,25)(H,24,26). The maximum Gasteiger partial charge on any atom is 0.269 e. The van der Waals surface area contributed by atoms with Crippen LogP contribution in [0.25, 0.3) is 5.57 Å². The van der Waals surface area contributed by atoms with E-state index >= 15 is 0 Å². The van der Waals surface area contributed by atoms with Gasteiger partial charge in [-0.15, -0.1) is 0 Å². The van der Waals surface area contributed by atoms with Gasteiger partial charge in [0.1, 0.15) is 0 Å². The van der Waals surface area contributed by atoms with Crippen molar-refractivity contribution in [2.45, 2.75) is 26.1 Å². The summed E-state index contributed by atoms with van der Waals surface area (Å²) in [4.78, 5) is 24.5. The number of hydrogen-bond acceptors (Lipinski definition) is 4. The normalized spacial score (nSPS) is 11.4. The zero-order valence-electron chi connectivity index (χ0n) is 16.4. The van der Waals surface area contributed by atoms with E-state index in [1.165, 1.54) is 6.08 Å². The molecule has 0 aromatic heterocycles. The molecule has 2 aromatic rings. The molecule has 148 valence electrons. The van der Waals surface area contributed by atoms with Gasteiger partial charge in [-0.05, 0) is 29.7 Å². The van der Waals surface area contributed by atoms with Gasteiger partial charge in [0.25, 0.3) is 11.8 Å². The number of ether oxygens (including phenoxy) is 2. The first-order valence-corrected chi connectivity index (χ1v) is 9.10. The molecule has 0 spiro atoms. The summed E-state index contributed by atoms with van der Waals surface area (Å²) >= 11 is 0. The highest BCUT2D eigenvalue weighted by Crippen LogP contribution is 2.19. The molecule has 0 saturated heterocycles. The number of methoxy groups -OCH3 is 2. The molecule has 0 saturated carbocycles. The van der Waals surface area contributed by atoms with Gasteiger partial charge < -0.3 is 9.47 Å². The summed E-state index contributed by atoms with van der Waals surface area (Å²) in [5.74, 6) is -0.785. The molecule has 2 N–H and O–H groups in total. The lowest BCUT2D eigenvalue weighted by Crippen LogP contribution is -2.40. The lowest BCUT2D eigenvalue weighted by atomic mass is 10.0. The molecule has 2 rings (SSSR count). The number of hydrogen-bond donors (Lipinski definition) is 2. The van der Waals surface area contributed by atoms with Crippen LogP contribution in [0.1, 0.15) is 47.5 Å². The molecule has 0 unspecified atom stereocenters. The molecule has 0 fully saturated rings. The van der Waals surface area contributed by atoms with Gasteiger partial charge in [-0.1, -0.05) is 55.8 Å². The Labute approximate surface area is 165 Å². The predicted molar refractivity (Wildman–Crippen MR) is 108 cm³/mol. The molecule has 0 aliphatic heterocycles. The van der Waals surface area contributed by atoms with Crippen LogP contribution in [0.2, 0.25) is 0 Å². The monoisotopic (exact) mass is 382 g/mol. The Morgan fingerprint density at radius 2 is 1.57 bits per heavy atom. The van der Waals surface area contributed by atoms with Crippen LogP contribution in [-0.4, -0.2) is 26.0 Å². The van der Waals surface area contributed by atoms with Gasteiger partial charge in [-0.3, -0.25) is 20.4 Å². The molecule has 0 heterocycles. The predicted octanol–water partition coefficient (Wildman–Crippen LogP) is 3.62. The van der Waals surface area contributed by atoms with Crippen molar-refractivity contribution in [1.82, 2.24) is 10.9 Å². The molecule has 6 nitrogen and oxygen atoms in total. The molecule has 0 aliphatic carbocycles. The number of carbonyl (C=O) groups is 2. The molecule has 0 bridgehead atoms. The second-order valence-electron chi connectivity index (χ2n) is 6.15. The fourth-order valence-corrected chi connectivity index (χ4v) is 2.77. The van der Waals surface area contributed by atoms with Crippen LogP contribution in [0.5, 0.6) is 0 Å². The number of allylic oxidation sites excluding steroid dienone is 1. The number of carbonyl (C=O) groups excluding carboxylic acids is 2. The second-order valence-corrected chi connectivity index (χ2v) is 6.15. The third kappa shape index (κ3) is 6.04. The Hall–Kier alpha value is -2.96. The average Bonchev–Trinajstić information content (AvgIpc) is 2.73. The van der Waals surface area contributed by atoms with Gasteiger partial charge >= 0.3 is 0 Å². The van der Waals surface area contributed by atoms with Crippen molar-refractivity contribution in [2.24, 2.45) is 0 Å². The SMILES string of the molecule is CCCC(=CC(=O)NNC(=O)c1ccc(C(OC)OC)cc1)c1ccccc1. The first-order chi connectivity index (χ1) is 13.6. The van der Waals surface area contributed by atoms with E-state index in [-0.39, 0.29) is 5.91 Å². The summed E-state index contributed by atoms with van der Waals surface area (Å²) in [5.41, 5.74) is 7.98. The number of benzene rings is 2. The summed E-state index contributed by atoms with van der Waals surface area (Å²) in [6, 6.07) is 16.5. The highest BCUT2D eigenvalue weighted by atomic mass is 16.7. The highest BCUT2D eigenvalue weighted by Gasteiger charge is 2.11. The van der Waals surface area contributed by atoms with Gasteiger partial charge in [-0.2, -0.15) is 0 Å². The van der Waals surface area contributed by atoms with Gasteiger partial charge in [0.15, 0.2) is 6.29 Å². The first-order valence-electron chi connectivity index (χ1n) is 9.10. The fraction of sp³-hybridized carbons (Fsp3) is 0.273. The number of nitrogens with one attached hydrogen (secondary N) is 2. The Morgan fingerprint density at radius 3 is 2.14 bits per heavy atom. The van der Waals surface area contributed by atoms with Crippen molar-refractivity contribution >= 4 is 17.4 Å². The summed E-state index contributed by atoms with van der Waals surface area (Å²) in [6.45, 7) is 2.05. The van der Waals surface area contributed by atoms with Crippen molar-refractivity contribution in [3.05, 3.63) is 77.4 Å². The van der Waals surface area contributed by atoms with Crippen LogP contribution in [0.4, 0.5) is 0 Å². The van der Waals surface area contributed by atoms with E-state index in [0.29, 0.717) is 5.56 Å². The summed E-state index contributed by atoms with van der Waals surface area (Å²) < 4.78 is 10.3. The van der Waals surface area contributed by atoms with Crippen LogP contribution in [0.15, 0.2) is 60.7 Å². The molecule has 0 aliphatic rings. The zero-order valence-corrected chi connectivity index (χ0v) is 16.4. The number of amides is 2. The molecular formula is C22H26N2O4. The molecule has 0 radical (unpaired) electrons. The van der Waals surface area contributed by atoms with Gasteiger partial charge in [0, 0.05) is 31.4 Å². The summed E-state index contributed by atoms with van der Waals surface area (Å²) in [5, 5.41) is 0. The molecule has 6 heteroatoms. The Bertz CT molecular complexity index is 797. The largest absolute Gasteiger partial charge is 0.352 e. The van der Waals surface area contributed by atoms with E-state index in [4.69, 9.17) is 9.47 Å². The fourth-order valence-electron chi connectivity index (χ4n) is 2.77. The highest BCUT2D eigenvalue weighted by molar-refractivity contribution is 5.99. The molecule has 28 heavy (non-hydrogen) atoms. The van der Waals surface area contributed by atoms with Gasteiger partial charge in [-0.25, -0.2) is 0 Å². The maximum atomic E-state index is 12.2. The molecular weight excluding hydrogens is 356 g/mol. The lowest BCUT2D eigenvalue weighted by molar-refractivity contribution is -0.117. The molecule has 2 aromatic carbocycles. The van der Waals surface area contributed by atoms with E-state index in [1.807, 2.05) is 30.3 Å². The summed E-state index contributed by atoms with van der Waals surface area (Å²) in [6.07, 6.45) is 2.71. The third-order valence-electron chi connectivity index (χ3n) is 4.14. The minimum absolute atomic E-state index is 0.379. The third-order valence-corrected chi connectivity index (χ3v) is 4.14. The second kappa shape index (κ2) is 11.0. The van der Waals surface area contributed by atoms with Gasteiger partial charge in [0.2, 0.25) is 0 Å². The van der Waals surface area contributed by atoms with E-state index in [0.717, 1.165) is 29.5 Å². The van der Waals surface area contributed by atoms with E-state index in [9.17, 15) is 9.59 Å². The van der Waals surface area contributed by atoms with Crippen LogP contribution >= 0.6 is 0 Å². The minimum atomic E-state index is -0.489. The Kier molecular flexibility index (Phi) is 8.39. The lowest BCUT2D eigenvalue weighted by Gasteiger charge is -2.14. The van der Waals surface area contributed by atoms with Crippen molar-refractivity contribution in [3.63, 3.8) is 0 Å². The first kappa shape index (κ1) is 21.3. The van der Waals surface area contributed by atoms with Crippen LogP contribution in [0.3, 0.4) is 0 Å². The molecule has 0 atom stereocenters. The van der Waals surface area contributed by atoms with Gasteiger partial charge in [0.05, 0.1) is 0 Å². The minimum Gasteiger partial charge on any atom is -0.352 e. The van der Waals surface area contributed by atoms with Crippen molar-refractivity contribution in [3.8, 4) is 0 Å². The van der Waals surface area contributed by atoms with Crippen molar-refractivity contribution < 1.29 is 19.1 Å². The smallest absolute Gasteiger partial charge is 0.269 e. The topological polar surface area (TPSA) is 76.7 Å². The van der Waals surface area contributed by atoms with Crippen LogP contribution < -0.4 is 10.9 Å². The van der Waals surface area contributed by atoms with E-state index in [1.54, 1.807) is 38.5 Å². The zero-order chi connectivity index (χ0) is 20.4. The Balaban J connectivity index is 1.98.